The Morgan fingerprint density at radius 1 is 1.27 bits per heavy atom. The highest BCUT2D eigenvalue weighted by Gasteiger charge is 2.19. The summed E-state index contributed by atoms with van der Waals surface area (Å²) >= 11 is 0. The molecule has 0 saturated carbocycles. The summed E-state index contributed by atoms with van der Waals surface area (Å²) in [5.74, 6) is -2.23. The van der Waals surface area contributed by atoms with E-state index in [4.69, 9.17) is 9.52 Å². The Balaban J connectivity index is 2.21. The van der Waals surface area contributed by atoms with Crippen LogP contribution in [0, 0.1) is 10.1 Å². The summed E-state index contributed by atoms with van der Waals surface area (Å²) < 4.78 is 5.10. The zero-order valence-electron chi connectivity index (χ0n) is 10.8. The third kappa shape index (κ3) is 3.50. The fourth-order valence-corrected chi connectivity index (χ4v) is 1.49. The second-order valence-electron chi connectivity index (χ2n) is 3.85. The number of carbonyl (C=O) groups is 2. The number of carboxylic acid groups (broad SMARTS) is 1. The molecule has 0 unspecified atom stereocenters. The van der Waals surface area contributed by atoms with Crippen molar-refractivity contribution in [2.75, 3.05) is 5.32 Å². The van der Waals surface area contributed by atoms with E-state index in [0.29, 0.717) is 6.08 Å². The SMILES string of the molecule is O=C(O)/C=C\C(=O)Nc1nnc(-c2ccccc2[N+](=O)[O-])o1. The van der Waals surface area contributed by atoms with Crippen LogP contribution in [-0.2, 0) is 9.59 Å². The molecule has 0 fully saturated rings. The highest BCUT2D eigenvalue weighted by atomic mass is 16.6. The van der Waals surface area contributed by atoms with Gasteiger partial charge in [-0.15, -0.1) is 5.10 Å². The van der Waals surface area contributed by atoms with Crippen molar-refractivity contribution in [3.05, 3.63) is 46.5 Å². The topological polar surface area (TPSA) is 148 Å². The minimum Gasteiger partial charge on any atom is -0.478 e. The van der Waals surface area contributed by atoms with E-state index >= 15 is 0 Å². The van der Waals surface area contributed by atoms with Gasteiger partial charge in [-0.1, -0.05) is 17.2 Å². The molecule has 0 aliphatic rings. The first-order valence-electron chi connectivity index (χ1n) is 5.76. The molecular weight excluding hydrogens is 296 g/mol. The molecule has 112 valence electrons. The summed E-state index contributed by atoms with van der Waals surface area (Å²) in [6, 6.07) is 5.42. The van der Waals surface area contributed by atoms with Crippen molar-refractivity contribution in [1.29, 1.82) is 0 Å². The number of carboxylic acids is 1. The van der Waals surface area contributed by atoms with Crippen molar-refractivity contribution in [2.45, 2.75) is 0 Å². The smallest absolute Gasteiger partial charge is 0.328 e. The summed E-state index contributed by atoms with van der Waals surface area (Å²) in [6.07, 6.45) is 1.39. The Morgan fingerprint density at radius 3 is 2.68 bits per heavy atom. The van der Waals surface area contributed by atoms with Gasteiger partial charge in [0, 0.05) is 18.2 Å². The van der Waals surface area contributed by atoms with E-state index < -0.39 is 16.8 Å². The Hall–Kier alpha value is -3.56. The monoisotopic (exact) mass is 304 g/mol. The lowest BCUT2D eigenvalue weighted by atomic mass is 10.2. The summed E-state index contributed by atoms with van der Waals surface area (Å²) in [6.45, 7) is 0. The number of nitrogens with one attached hydrogen (secondary N) is 1. The van der Waals surface area contributed by atoms with E-state index in [1.807, 2.05) is 0 Å². The Kier molecular flexibility index (Phi) is 4.22. The number of nitro benzene ring substituents is 1. The minimum absolute atomic E-state index is 0.0987. The highest BCUT2D eigenvalue weighted by Crippen LogP contribution is 2.29. The molecule has 0 aliphatic carbocycles. The third-order valence-corrected chi connectivity index (χ3v) is 2.36. The largest absolute Gasteiger partial charge is 0.478 e. The Morgan fingerprint density at radius 2 is 2.00 bits per heavy atom. The number of benzene rings is 1. The van der Waals surface area contributed by atoms with E-state index in [1.54, 1.807) is 6.07 Å². The van der Waals surface area contributed by atoms with Crippen molar-refractivity contribution < 1.29 is 24.0 Å². The molecule has 0 spiro atoms. The lowest BCUT2D eigenvalue weighted by Gasteiger charge is -1.97. The van der Waals surface area contributed by atoms with Crippen LogP contribution in [0.2, 0.25) is 0 Å². The third-order valence-electron chi connectivity index (χ3n) is 2.36. The van der Waals surface area contributed by atoms with Gasteiger partial charge in [-0.2, -0.15) is 0 Å². The number of hydrogen-bond acceptors (Lipinski definition) is 7. The molecular formula is C12H8N4O6. The van der Waals surface area contributed by atoms with Crippen LogP contribution in [0.5, 0.6) is 0 Å². The number of aliphatic carboxylic acids is 1. The fourth-order valence-electron chi connectivity index (χ4n) is 1.49. The van der Waals surface area contributed by atoms with E-state index in [-0.39, 0.29) is 23.2 Å². The van der Waals surface area contributed by atoms with Gasteiger partial charge in [0.05, 0.1) is 4.92 Å². The van der Waals surface area contributed by atoms with Crippen LogP contribution in [-0.4, -0.2) is 32.1 Å². The quantitative estimate of drug-likeness (QED) is 0.475. The standard InChI is InChI=1S/C12H8N4O6/c17-9(5-6-10(18)19)13-12-15-14-11(22-12)7-3-1-2-4-8(7)16(20)21/h1-6H,(H,18,19)(H,13,15,17)/b6-5-. The molecule has 0 aliphatic heterocycles. The molecule has 0 radical (unpaired) electrons. The number of para-hydroxylation sites is 1. The lowest BCUT2D eigenvalue weighted by molar-refractivity contribution is -0.384. The summed E-state index contributed by atoms with van der Waals surface area (Å²) in [5.41, 5.74) is -0.128. The van der Waals surface area contributed by atoms with Gasteiger partial charge in [-0.3, -0.25) is 20.2 Å². The van der Waals surface area contributed by atoms with E-state index in [9.17, 15) is 19.7 Å². The number of amides is 1. The fraction of sp³-hybridized carbons (Fsp3) is 0. The van der Waals surface area contributed by atoms with Crippen molar-refractivity contribution in [3.63, 3.8) is 0 Å². The van der Waals surface area contributed by atoms with Gasteiger partial charge in [-0.05, 0) is 6.07 Å². The molecule has 1 amide bonds. The van der Waals surface area contributed by atoms with Gasteiger partial charge in [0.1, 0.15) is 5.56 Å². The van der Waals surface area contributed by atoms with Crippen LogP contribution in [0.25, 0.3) is 11.5 Å². The van der Waals surface area contributed by atoms with Gasteiger partial charge in [0.15, 0.2) is 0 Å². The van der Waals surface area contributed by atoms with Gasteiger partial charge in [0.25, 0.3) is 17.5 Å². The maximum absolute atomic E-state index is 11.3. The van der Waals surface area contributed by atoms with E-state index in [0.717, 1.165) is 6.08 Å². The Bertz CT molecular complexity index is 766. The zero-order chi connectivity index (χ0) is 16.1. The number of rotatable bonds is 5. The molecule has 10 nitrogen and oxygen atoms in total. The second kappa shape index (κ2) is 6.26. The number of carbonyl (C=O) groups excluding carboxylic acids is 1. The molecule has 0 atom stereocenters. The molecule has 0 bridgehead atoms. The molecule has 10 heteroatoms. The van der Waals surface area contributed by atoms with Crippen molar-refractivity contribution in [2.24, 2.45) is 0 Å². The van der Waals surface area contributed by atoms with Crippen molar-refractivity contribution in [1.82, 2.24) is 10.2 Å². The minimum atomic E-state index is -1.29. The molecule has 2 N–H and O–H groups in total. The predicted molar refractivity (Wildman–Crippen MR) is 71.8 cm³/mol. The number of aromatic nitrogens is 2. The average Bonchev–Trinajstić information content (AvgIpc) is 2.93. The molecule has 22 heavy (non-hydrogen) atoms. The predicted octanol–water partition coefficient (Wildman–Crippen LogP) is 1.22. The highest BCUT2D eigenvalue weighted by molar-refractivity contribution is 6.01. The maximum Gasteiger partial charge on any atom is 0.328 e. The van der Waals surface area contributed by atoms with Crippen LogP contribution < -0.4 is 5.32 Å². The van der Waals surface area contributed by atoms with Gasteiger partial charge in [0.2, 0.25) is 0 Å². The summed E-state index contributed by atoms with van der Waals surface area (Å²) in [4.78, 5) is 31.9. The molecule has 1 aromatic heterocycles. The number of nitro groups is 1. The first-order chi connectivity index (χ1) is 10.5. The first kappa shape index (κ1) is 14.8. The zero-order valence-corrected chi connectivity index (χ0v) is 10.8. The summed E-state index contributed by atoms with van der Waals surface area (Å²) in [7, 11) is 0. The first-order valence-corrected chi connectivity index (χ1v) is 5.76. The maximum atomic E-state index is 11.3. The molecule has 1 heterocycles. The normalized spacial score (nSPS) is 10.5. The van der Waals surface area contributed by atoms with Crippen LogP contribution in [0.1, 0.15) is 0 Å². The van der Waals surface area contributed by atoms with E-state index in [2.05, 4.69) is 15.5 Å². The van der Waals surface area contributed by atoms with Crippen LogP contribution in [0.4, 0.5) is 11.7 Å². The number of nitrogens with zero attached hydrogens (tertiary/aromatic N) is 3. The van der Waals surface area contributed by atoms with Crippen LogP contribution >= 0.6 is 0 Å². The number of hydrogen-bond donors (Lipinski definition) is 2. The average molecular weight is 304 g/mol. The lowest BCUT2D eigenvalue weighted by Crippen LogP contribution is -2.08. The van der Waals surface area contributed by atoms with Gasteiger partial charge in [-0.25, -0.2) is 4.79 Å². The number of anilines is 1. The summed E-state index contributed by atoms with van der Waals surface area (Å²) in [5, 5.41) is 28.5. The van der Waals surface area contributed by atoms with Crippen molar-refractivity contribution in [3.8, 4) is 11.5 Å². The molecule has 2 rings (SSSR count). The Labute approximate surface area is 122 Å². The van der Waals surface area contributed by atoms with Gasteiger partial charge < -0.3 is 9.52 Å². The van der Waals surface area contributed by atoms with Crippen molar-refractivity contribution >= 4 is 23.6 Å². The van der Waals surface area contributed by atoms with Crippen LogP contribution in [0.3, 0.4) is 0 Å². The van der Waals surface area contributed by atoms with E-state index in [1.165, 1.54) is 18.2 Å². The van der Waals surface area contributed by atoms with Crippen LogP contribution in [0.15, 0.2) is 40.8 Å². The molecule has 0 saturated heterocycles. The molecule has 2 aromatic rings. The molecule has 1 aromatic carbocycles. The second-order valence-corrected chi connectivity index (χ2v) is 3.85. The van der Waals surface area contributed by atoms with Gasteiger partial charge >= 0.3 is 12.0 Å².